The van der Waals surface area contributed by atoms with E-state index < -0.39 is 34.4 Å². The SMILES string of the molecule is CC(=O)c1ccc(O)c(C#N)c1C(F)(F)F. The van der Waals surface area contributed by atoms with Gasteiger partial charge in [0.25, 0.3) is 0 Å². The molecule has 0 saturated carbocycles. The number of phenolic OH excluding ortho intramolecular Hbond substituents is 1. The molecule has 0 bridgehead atoms. The van der Waals surface area contributed by atoms with Crippen molar-refractivity contribution in [3.8, 4) is 11.8 Å². The van der Waals surface area contributed by atoms with E-state index in [0.717, 1.165) is 19.1 Å². The van der Waals surface area contributed by atoms with Crippen LogP contribution in [0, 0.1) is 11.3 Å². The van der Waals surface area contributed by atoms with E-state index in [-0.39, 0.29) is 0 Å². The van der Waals surface area contributed by atoms with Crippen molar-refractivity contribution in [2.75, 3.05) is 0 Å². The first-order chi connectivity index (χ1) is 7.29. The number of benzene rings is 1. The van der Waals surface area contributed by atoms with Crippen LogP contribution in [0.15, 0.2) is 12.1 Å². The standard InChI is InChI=1S/C10H6F3NO2/c1-5(15)6-2-3-8(16)7(4-14)9(6)10(11,12)13/h2-3,16H,1H3. The van der Waals surface area contributed by atoms with Crippen molar-refractivity contribution >= 4 is 5.78 Å². The van der Waals surface area contributed by atoms with E-state index >= 15 is 0 Å². The Hall–Kier alpha value is -2.03. The molecular formula is C10H6F3NO2. The molecule has 0 aromatic heterocycles. The minimum Gasteiger partial charge on any atom is -0.507 e. The fourth-order valence-corrected chi connectivity index (χ4v) is 1.29. The maximum Gasteiger partial charge on any atom is 0.418 e. The molecule has 0 spiro atoms. The summed E-state index contributed by atoms with van der Waals surface area (Å²) >= 11 is 0. The number of halogens is 3. The number of hydrogen-bond donors (Lipinski definition) is 1. The van der Waals surface area contributed by atoms with Gasteiger partial charge < -0.3 is 5.11 Å². The number of carbonyl (C=O) groups is 1. The molecule has 0 aliphatic carbocycles. The number of aromatic hydroxyl groups is 1. The highest BCUT2D eigenvalue weighted by atomic mass is 19.4. The molecule has 0 saturated heterocycles. The Morgan fingerprint density at radius 2 is 2.00 bits per heavy atom. The summed E-state index contributed by atoms with van der Waals surface area (Å²) in [7, 11) is 0. The summed E-state index contributed by atoms with van der Waals surface area (Å²) in [5.41, 5.74) is -2.94. The lowest BCUT2D eigenvalue weighted by Crippen LogP contribution is -2.14. The molecule has 0 amide bonds. The Labute approximate surface area is 88.7 Å². The summed E-state index contributed by atoms with van der Waals surface area (Å²) in [6, 6.07) is 2.99. The molecule has 1 rings (SSSR count). The maximum absolute atomic E-state index is 12.6. The van der Waals surface area contributed by atoms with Crippen molar-refractivity contribution in [1.82, 2.24) is 0 Å². The zero-order chi connectivity index (χ0) is 12.5. The van der Waals surface area contributed by atoms with Crippen molar-refractivity contribution in [2.45, 2.75) is 13.1 Å². The van der Waals surface area contributed by atoms with Gasteiger partial charge in [-0.15, -0.1) is 0 Å². The monoisotopic (exact) mass is 229 g/mol. The van der Waals surface area contributed by atoms with Crippen LogP contribution in [-0.2, 0) is 6.18 Å². The van der Waals surface area contributed by atoms with Crippen molar-refractivity contribution in [3.63, 3.8) is 0 Å². The number of nitrogens with zero attached hydrogens (tertiary/aromatic N) is 1. The van der Waals surface area contributed by atoms with Gasteiger partial charge in [-0.1, -0.05) is 0 Å². The highest BCUT2D eigenvalue weighted by Crippen LogP contribution is 2.38. The van der Waals surface area contributed by atoms with Crippen LogP contribution in [0.5, 0.6) is 5.75 Å². The van der Waals surface area contributed by atoms with Gasteiger partial charge in [0, 0.05) is 5.56 Å². The van der Waals surface area contributed by atoms with E-state index in [1.165, 1.54) is 6.07 Å². The predicted molar refractivity (Wildman–Crippen MR) is 47.8 cm³/mol. The van der Waals surface area contributed by atoms with Gasteiger partial charge in [-0.3, -0.25) is 4.79 Å². The normalized spacial score (nSPS) is 10.9. The van der Waals surface area contributed by atoms with E-state index in [2.05, 4.69) is 0 Å². The third-order valence-electron chi connectivity index (χ3n) is 1.96. The summed E-state index contributed by atoms with van der Waals surface area (Å²) < 4.78 is 37.9. The minimum atomic E-state index is -4.86. The summed E-state index contributed by atoms with van der Waals surface area (Å²) in [5.74, 6) is -1.61. The summed E-state index contributed by atoms with van der Waals surface area (Å²) in [4.78, 5) is 11.0. The van der Waals surface area contributed by atoms with E-state index in [0.29, 0.717) is 0 Å². The second kappa shape index (κ2) is 3.85. The van der Waals surface area contributed by atoms with Crippen LogP contribution in [0.3, 0.4) is 0 Å². The van der Waals surface area contributed by atoms with Gasteiger partial charge in [-0.05, 0) is 19.1 Å². The van der Waals surface area contributed by atoms with Crippen LogP contribution >= 0.6 is 0 Å². The molecule has 1 aromatic carbocycles. The number of alkyl halides is 3. The topological polar surface area (TPSA) is 61.1 Å². The van der Waals surface area contributed by atoms with Gasteiger partial charge in [0.1, 0.15) is 17.4 Å². The van der Waals surface area contributed by atoms with Gasteiger partial charge in [-0.2, -0.15) is 18.4 Å². The molecule has 6 heteroatoms. The van der Waals surface area contributed by atoms with Gasteiger partial charge in [0.15, 0.2) is 5.78 Å². The van der Waals surface area contributed by atoms with E-state index in [1.54, 1.807) is 0 Å². The molecule has 0 atom stereocenters. The third kappa shape index (κ3) is 1.98. The average molecular weight is 229 g/mol. The molecule has 16 heavy (non-hydrogen) atoms. The lowest BCUT2D eigenvalue weighted by molar-refractivity contribution is -0.138. The Balaban J connectivity index is 3.70. The summed E-state index contributed by atoms with van der Waals surface area (Å²) in [6.07, 6.45) is -4.86. The van der Waals surface area contributed by atoms with Crippen LogP contribution in [0.1, 0.15) is 28.4 Å². The lowest BCUT2D eigenvalue weighted by atomic mass is 9.98. The molecule has 0 heterocycles. The largest absolute Gasteiger partial charge is 0.507 e. The minimum absolute atomic E-state index is 0.623. The molecule has 1 N–H and O–H groups in total. The van der Waals surface area contributed by atoms with Crippen LogP contribution in [-0.4, -0.2) is 10.9 Å². The van der Waals surface area contributed by atoms with Gasteiger partial charge in [-0.25, -0.2) is 0 Å². The van der Waals surface area contributed by atoms with E-state index in [9.17, 15) is 18.0 Å². The predicted octanol–water partition coefficient (Wildman–Crippen LogP) is 2.49. The van der Waals surface area contributed by atoms with Crippen molar-refractivity contribution < 1.29 is 23.1 Å². The average Bonchev–Trinajstić information content (AvgIpc) is 2.15. The highest BCUT2D eigenvalue weighted by molar-refractivity contribution is 5.96. The Morgan fingerprint density at radius 1 is 1.44 bits per heavy atom. The van der Waals surface area contributed by atoms with Gasteiger partial charge in [0.2, 0.25) is 0 Å². The van der Waals surface area contributed by atoms with E-state index in [4.69, 9.17) is 10.4 Å². The Morgan fingerprint density at radius 3 is 2.38 bits per heavy atom. The number of carbonyl (C=O) groups excluding carboxylic acids is 1. The quantitative estimate of drug-likeness (QED) is 0.752. The van der Waals surface area contributed by atoms with E-state index in [1.807, 2.05) is 0 Å². The Kier molecular flexibility index (Phi) is 2.90. The number of ketones is 1. The molecule has 0 aliphatic rings. The zero-order valence-electron chi connectivity index (χ0n) is 8.09. The van der Waals surface area contributed by atoms with Crippen LogP contribution in [0.4, 0.5) is 13.2 Å². The molecule has 0 fully saturated rings. The molecule has 0 radical (unpaired) electrons. The summed E-state index contributed by atoms with van der Waals surface area (Å²) in [5, 5.41) is 17.7. The molecule has 3 nitrogen and oxygen atoms in total. The first-order valence-corrected chi connectivity index (χ1v) is 4.13. The van der Waals surface area contributed by atoms with Crippen molar-refractivity contribution in [1.29, 1.82) is 5.26 Å². The Bertz CT molecular complexity index is 486. The summed E-state index contributed by atoms with van der Waals surface area (Å²) in [6.45, 7) is 0.961. The lowest BCUT2D eigenvalue weighted by Gasteiger charge is -2.13. The molecule has 1 aromatic rings. The zero-order valence-corrected chi connectivity index (χ0v) is 8.09. The first kappa shape index (κ1) is 12.0. The second-order valence-corrected chi connectivity index (χ2v) is 3.05. The fraction of sp³-hybridized carbons (Fsp3) is 0.200. The molecule has 84 valence electrons. The molecule has 0 aliphatic heterocycles. The second-order valence-electron chi connectivity index (χ2n) is 3.05. The van der Waals surface area contributed by atoms with Gasteiger partial charge >= 0.3 is 6.18 Å². The molecular weight excluding hydrogens is 223 g/mol. The first-order valence-electron chi connectivity index (χ1n) is 4.13. The number of Topliss-reactive ketones (excluding diaryl/α,β-unsaturated/α-hetero) is 1. The van der Waals surface area contributed by atoms with Crippen LogP contribution in [0.2, 0.25) is 0 Å². The van der Waals surface area contributed by atoms with Crippen LogP contribution in [0.25, 0.3) is 0 Å². The molecule has 0 unspecified atom stereocenters. The number of phenols is 1. The van der Waals surface area contributed by atoms with Crippen LogP contribution < -0.4 is 0 Å². The third-order valence-corrected chi connectivity index (χ3v) is 1.96. The fourth-order valence-electron chi connectivity index (χ4n) is 1.29. The van der Waals surface area contributed by atoms with Gasteiger partial charge in [0.05, 0.1) is 5.56 Å². The van der Waals surface area contributed by atoms with Crippen molar-refractivity contribution in [3.05, 3.63) is 28.8 Å². The van der Waals surface area contributed by atoms with Crippen molar-refractivity contribution in [2.24, 2.45) is 0 Å². The number of hydrogen-bond acceptors (Lipinski definition) is 3. The maximum atomic E-state index is 12.6. The smallest absolute Gasteiger partial charge is 0.418 e. The number of rotatable bonds is 1. The highest BCUT2D eigenvalue weighted by Gasteiger charge is 2.38. The number of nitriles is 1.